The molecule has 0 saturated carbocycles. The summed E-state index contributed by atoms with van der Waals surface area (Å²) >= 11 is 0. The molecule has 0 aromatic heterocycles. The predicted octanol–water partition coefficient (Wildman–Crippen LogP) is 0.994. The molecule has 0 radical (unpaired) electrons. The van der Waals surface area contributed by atoms with Gasteiger partial charge in [0.2, 0.25) is 5.91 Å². The number of hydrogen-bond acceptors (Lipinski definition) is 3. The fourth-order valence-electron chi connectivity index (χ4n) is 2.27. The molecule has 0 spiro atoms. The summed E-state index contributed by atoms with van der Waals surface area (Å²) in [5.74, 6) is -1.99. The lowest BCUT2D eigenvalue weighted by Crippen LogP contribution is -2.54. The van der Waals surface area contributed by atoms with Crippen LogP contribution in [0.25, 0.3) is 0 Å². The van der Waals surface area contributed by atoms with Crippen LogP contribution in [0.15, 0.2) is 24.3 Å². The second kappa shape index (κ2) is 5.58. The predicted molar refractivity (Wildman–Crippen MR) is 70.6 cm³/mol. The third-order valence-electron chi connectivity index (χ3n) is 3.60. The number of carboxylic acid groups (broad SMARTS) is 1. The molecule has 1 aromatic rings. The van der Waals surface area contributed by atoms with Crippen molar-refractivity contribution in [2.24, 2.45) is 0 Å². The molecule has 1 aliphatic heterocycles. The van der Waals surface area contributed by atoms with E-state index in [1.165, 1.54) is 31.2 Å². The van der Waals surface area contributed by atoms with Crippen molar-refractivity contribution in [2.45, 2.75) is 31.3 Å². The lowest BCUT2D eigenvalue weighted by atomic mass is 9.91. The summed E-state index contributed by atoms with van der Waals surface area (Å²) in [4.78, 5) is 23.6. The van der Waals surface area contributed by atoms with Crippen LogP contribution < -0.4 is 10.6 Å². The van der Waals surface area contributed by atoms with E-state index in [0.717, 1.165) is 13.0 Å². The van der Waals surface area contributed by atoms with Gasteiger partial charge in [0, 0.05) is 0 Å². The third kappa shape index (κ3) is 2.80. The number of carboxylic acids is 1. The molecule has 2 atom stereocenters. The van der Waals surface area contributed by atoms with Gasteiger partial charge in [0.25, 0.3) is 0 Å². The van der Waals surface area contributed by atoms with E-state index in [1.54, 1.807) is 0 Å². The highest BCUT2D eigenvalue weighted by Crippen LogP contribution is 2.22. The molecule has 2 unspecified atom stereocenters. The molecule has 1 heterocycles. The largest absolute Gasteiger partial charge is 0.479 e. The Labute approximate surface area is 116 Å². The van der Waals surface area contributed by atoms with Gasteiger partial charge in [0.1, 0.15) is 5.82 Å². The first-order valence-corrected chi connectivity index (χ1v) is 6.48. The summed E-state index contributed by atoms with van der Waals surface area (Å²) < 4.78 is 12.9. The van der Waals surface area contributed by atoms with Crippen LogP contribution in [0.1, 0.15) is 25.3 Å². The lowest BCUT2D eigenvalue weighted by molar-refractivity contribution is -0.147. The van der Waals surface area contributed by atoms with Gasteiger partial charge in [-0.05, 0) is 44.0 Å². The maximum atomic E-state index is 12.9. The molecule has 2 rings (SSSR count). The van der Waals surface area contributed by atoms with Crippen molar-refractivity contribution in [1.29, 1.82) is 0 Å². The number of rotatable bonds is 4. The van der Waals surface area contributed by atoms with Crippen LogP contribution in [0, 0.1) is 5.82 Å². The van der Waals surface area contributed by atoms with Crippen LogP contribution in [0.4, 0.5) is 4.39 Å². The number of amides is 1. The Morgan fingerprint density at radius 1 is 1.40 bits per heavy atom. The van der Waals surface area contributed by atoms with Gasteiger partial charge in [0.05, 0.1) is 6.04 Å². The number of benzene rings is 1. The van der Waals surface area contributed by atoms with E-state index in [4.69, 9.17) is 0 Å². The van der Waals surface area contributed by atoms with Gasteiger partial charge >= 0.3 is 5.97 Å². The molecule has 108 valence electrons. The Balaban J connectivity index is 2.22. The minimum absolute atomic E-state index is 0.331. The Bertz CT molecular complexity index is 512. The average Bonchev–Trinajstić information content (AvgIpc) is 2.93. The number of aliphatic carboxylic acids is 1. The Kier molecular flexibility index (Phi) is 4.04. The first-order valence-electron chi connectivity index (χ1n) is 6.48. The molecule has 1 aliphatic rings. The molecule has 0 aliphatic carbocycles. The molecule has 6 heteroatoms. The highest BCUT2D eigenvalue weighted by Gasteiger charge is 2.38. The second-order valence-electron chi connectivity index (χ2n) is 5.08. The number of carbonyl (C=O) groups excluding carboxylic acids is 1. The zero-order valence-electron chi connectivity index (χ0n) is 11.1. The van der Waals surface area contributed by atoms with Crippen molar-refractivity contribution >= 4 is 11.9 Å². The minimum Gasteiger partial charge on any atom is -0.479 e. The van der Waals surface area contributed by atoms with E-state index in [0.29, 0.717) is 12.0 Å². The van der Waals surface area contributed by atoms with Crippen molar-refractivity contribution in [3.05, 3.63) is 35.6 Å². The van der Waals surface area contributed by atoms with E-state index in [9.17, 15) is 19.1 Å². The highest BCUT2D eigenvalue weighted by molar-refractivity contribution is 5.90. The Morgan fingerprint density at radius 3 is 2.55 bits per heavy atom. The van der Waals surface area contributed by atoms with E-state index >= 15 is 0 Å². The summed E-state index contributed by atoms with van der Waals surface area (Å²) in [6.45, 7) is 2.15. The van der Waals surface area contributed by atoms with Crippen LogP contribution in [0.5, 0.6) is 0 Å². The third-order valence-corrected chi connectivity index (χ3v) is 3.60. The van der Waals surface area contributed by atoms with E-state index < -0.39 is 17.3 Å². The monoisotopic (exact) mass is 280 g/mol. The molecular formula is C14H17FN2O3. The average molecular weight is 280 g/mol. The smallest absolute Gasteiger partial charge is 0.333 e. The molecule has 3 N–H and O–H groups in total. The van der Waals surface area contributed by atoms with Crippen molar-refractivity contribution in [3.63, 3.8) is 0 Å². The Morgan fingerprint density at radius 2 is 2.05 bits per heavy atom. The fraction of sp³-hybridized carbons (Fsp3) is 0.429. The minimum atomic E-state index is -1.57. The quantitative estimate of drug-likeness (QED) is 0.768. The number of carbonyl (C=O) groups is 2. The maximum absolute atomic E-state index is 12.9. The molecular weight excluding hydrogens is 263 g/mol. The van der Waals surface area contributed by atoms with Crippen LogP contribution >= 0.6 is 0 Å². The molecule has 1 aromatic carbocycles. The van der Waals surface area contributed by atoms with Crippen LogP contribution in [0.2, 0.25) is 0 Å². The first kappa shape index (κ1) is 14.5. The Hall–Kier alpha value is -1.95. The molecule has 0 bridgehead atoms. The van der Waals surface area contributed by atoms with Gasteiger partial charge in [-0.3, -0.25) is 4.79 Å². The number of hydrogen-bond donors (Lipinski definition) is 3. The standard InChI is InChI=1S/C14H17FN2O3/c1-14(13(19)20,9-4-6-10(15)7-5-9)17-12(18)11-3-2-8-16-11/h4-7,11,16H,2-3,8H2,1H3,(H,17,18)(H,19,20). The van der Waals surface area contributed by atoms with Crippen molar-refractivity contribution in [2.75, 3.05) is 6.54 Å². The van der Waals surface area contributed by atoms with E-state index in [2.05, 4.69) is 10.6 Å². The second-order valence-corrected chi connectivity index (χ2v) is 5.08. The first-order chi connectivity index (χ1) is 9.43. The van der Waals surface area contributed by atoms with Crippen molar-refractivity contribution in [1.82, 2.24) is 10.6 Å². The maximum Gasteiger partial charge on any atom is 0.333 e. The molecule has 5 nitrogen and oxygen atoms in total. The zero-order valence-corrected chi connectivity index (χ0v) is 11.1. The summed E-state index contributed by atoms with van der Waals surface area (Å²) in [6, 6.07) is 4.72. The topological polar surface area (TPSA) is 78.4 Å². The van der Waals surface area contributed by atoms with E-state index in [1.807, 2.05) is 0 Å². The number of halogens is 1. The van der Waals surface area contributed by atoms with Crippen molar-refractivity contribution < 1.29 is 19.1 Å². The molecule has 1 fully saturated rings. The summed E-state index contributed by atoms with van der Waals surface area (Å²) in [7, 11) is 0. The summed E-state index contributed by atoms with van der Waals surface area (Å²) in [5, 5.41) is 15.0. The highest BCUT2D eigenvalue weighted by atomic mass is 19.1. The summed E-state index contributed by atoms with van der Waals surface area (Å²) in [6.07, 6.45) is 1.57. The van der Waals surface area contributed by atoms with Gasteiger partial charge in [-0.1, -0.05) is 12.1 Å². The van der Waals surface area contributed by atoms with Gasteiger partial charge < -0.3 is 15.7 Å². The van der Waals surface area contributed by atoms with Crippen LogP contribution in [-0.2, 0) is 15.1 Å². The fourth-order valence-corrected chi connectivity index (χ4v) is 2.27. The molecule has 20 heavy (non-hydrogen) atoms. The zero-order chi connectivity index (χ0) is 14.8. The van der Waals surface area contributed by atoms with Gasteiger partial charge in [-0.15, -0.1) is 0 Å². The lowest BCUT2D eigenvalue weighted by Gasteiger charge is -2.28. The SMILES string of the molecule is CC(NC(=O)C1CCCN1)(C(=O)O)c1ccc(F)cc1. The van der Waals surface area contributed by atoms with Crippen LogP contribution in [0.3, 0.4) is 0 Å². The molecule has 1 amide bonds. The van der Waals surface area contributed by atoms with Crippen LogP contribution in [-0.4, -0.2) is 29.6 Å². The number of nitrogens with one attached hydrogen (secondary N) is 2. The summed E-state index contributed by atoms with van der Waals surface area (Å²) in [5.41, 5.74) is -1.24. The molecule has 1 saturated heterocycles. The van der Waals surface area contributed by atoms with Gasteiger partial charge in [0.15, 0.2) is 5.54 Å². The van der Waals surface area contributed by atoms with Gasteiger partial charge in [-0.2, -0.15) is 0 Å². The van der Waals surface area contributed by atoms with E-state index in [-0.39, 0.29) is 11.9 Å². The normalized spacial score (nSPS) is 21.2. The van der Waals surface area contributed by atoms with Gasteiger partial charge in [-0.25, -0.2) is 9.18 Å². The van der Waals surface area contributed by atoms with Crippen molar-refractivity contribution in [3.8, 4) is 0 Å².